The Hall–Kier alpha value is -3.45. The molecule has 31 heavy (non-hydrogen) atoms. The van der Waals surface area contributed by atoms with Gasteiger partial charge in [-0.25, -0.2) is 9.97 Å². The number of allylic oxidation sites excluding steroid dienone is 1. The second-order valence-corrected chi connectivity index (χ2v) is 8.03. The molecule has 7 nitrogen and oxygen atoms in total. The fraction of sp³-hybridized carbons (Fsp3) is 0.292. The third kappa shape index (κ3) is 3.84. The van der Waals surface area contributed by atoms with Gasteiger partial charge < -0.3 is 19.8 Å². The highest BCUT2D eigenvalue weighted by Crippen LogP contribution is 2.31. The Balaban J connectivity index is 1.27. The minimum Gasteiger partial charge on any atom is -0.491 e. The van der Waals surface area contributed by atoms with E-state index in [2.05, 4.69) is 27.6 Å². The summed E-state index contributed by atoms with van der Waals surface area (Å²) < 4.78 is 14.4. The number of nitrogens with two attached hydrogens (primary N) is 1. The number of hydrogen-bond acceptors (Lipinski definition) is 6. The van der Waals surface area contributed by atoms with Crippen molar-refractivity contribution >= 4 is 33.3 Å². The molecule has 2 N–H and O–H groups in total. The maximum atomic E-state index is 6.34. The molecule has 1 saturated heterocycles. The fourth-order valence-corrected chi connectivity index (χ4v) is 4.04. The highest BCUT2D eigenvalue weighted by atomic mass is 16.5. The van der Waals surface area contributed by atoms with Crippen molar-refractivity contribution < 1.29 is 9.47 Å². The molecule has 4 aromatic rings. The van der Waals surface area contributed by atoms with Crippen LogP contribution in [0.3, 0.4) is 0 Å². The Morgan fingerprint density at radius 1 is 1.23 bits per heavy atom. The summed E-state index contributed by atoms with van der Waals surface area (Å²) in [4.78, 5) is 13.0. The van der Waals surface area contributed by atoms with Crippen molar-refractivity contribution in [1.29, 1.82) is 0 Å². The zero-order chi connectivity index (χ0) is 21.4. The first-order valence-corrected chi connectivity index (χ1v) is 10.5. The van der Waals surface area contributed by atoms with Crippen molar-refractivity contribution in [3.8, 4) is 5.75 Å². The first-order chi connectivity index (χ1) is 15.1. The summed E-state index contributed by atoms with van der Waals surface area (Å²) in [7, 11) is 0. The molecule has 4 heterocycles. The van der Waals surface area contributed by atoms with E-state index in [1.807, 2.05) is 48.1 Å². The summed E-state index contributed by atoms with van der Waals surface area (Å²) >= 11 is 0. The smallest absolute Gasteiger partial charge is 0.147 e. The molecule has 0 saturated carbocycles. The average molecular weight is 415 g/mol. The third-order valence-corrected chi connectivity index (χ3v) is 5.76. The molecule has 0 radical (unpaired) electrons. The van der Waals surface area contributed by atoms with Crippen LogP contribution in [0, 0.1) is 0 Å². The second-order valence-electron chi connectivity index (χ2n) is 8.03. The molecular weight excluding hydrogens is 390 g/mol. The van der Waals surface area contributed by atoms with Gasteiger partial charge in [-0.1, -0.05) is 6.58 Å². The van der Waals surface area contributed by atoms with E-state index >= 15 is 0 Å². The molecule has 5 rings (SSSR count). The predicted molar refractivity (Wildman–Crippen MR) is 122 cm³/mol. The normalized spacial score (nSPS) is 19.0. The highest BCUT2D eigenvalue weighted by Gasteiger charge is 2.25. The van der Waals surface area contributed by atoms with Crippen molar-refractivity contribution in [2.75, 3.05) is 12.3 Å². The summed E-state index contributed by atoms with van der Waals surface area (Å²) in [5.74, 6) is 1.28. The van der Waals surface area contributed by atoms with Crippen molar-refractivity contribution in [3.05, 3.63) is 61.2 Å². The van der Waals surface area contributed by atoms with Crippen LogP contribution in [0.15, 0.2) is 55.6 Å². The number of pyridine rings is 1. The Morgan fingerprint density at radius 2 is 2.13 bits per heavy atom. The van der Waals surface area contributed by atoms with Crippen molar-refractivity contribution in [2.24, 2.45) is 0 Å². The van der Waals surface area contributed by atoms with E-state index in [0.717, 1.165) is 58.1 Å². The number of anilines is 1. The van der Waals surface area contributed by atoms with Crippen LogP contribution in [0.4, 0.5) is 5.82 Å². The maximum Gasteiger partial charge on any atom is 0.147 e. The summed E-state index contributed by atoms with van der Waals surface area (Å²) in [5.41, 5.74) is 9.72. The maximum absolute atomic E-state index is 6.34. The van der Waals surface area contributed by atoms with Gasteiger partial charge in [0, 0.05) is 23.8 Å². The molecule has 0 amide bonds. The van der Waals surface area contributed by atoms with E-state index in [1.54, 1.807) is 0 Å². The standard InChI is InChI=1S/C24H25N5O2/c1-15(2)17-10-16-6-7-18(11-21(16)26-12-17)30-13-19-4-3-5-22(31-19)29-9-8-20-23(25)27-14-28-24(20)29/h6-12,14,19,22H,1,3-5,13H2,2H3,(H2,25,27,28). The molecule has 7 heteroatoms. The quantitative estimate of drug-likeness (QED) is 0.506. The second kappa shape index (κ2) is 8.00. The van der Waals surface area contributed by atoms with Gasteiger partial charge >= 0.3 is 0 Å². The van der Waals surface area contributed by atoms with Gasteiger partial charge in [-0.3, -0.25) is 4.98 Å². The largest absolute Gasteiger partial charge is 0.491 e. The van der Waals surface area contributed by atoms with Crippen LogP contribution in [0.5, 0.6) is 5.75 Å². The zero-order valence-corrected chi connectivity index (χ0v) is 17.5. The number of benzene rings is 1. The number of rotatable bonds is 5. The van der Waals surface area contributed by atoms with Crippen LogP contribution in [-0.2, 0) is 4.74 Å². The van der Waals surface area contributed by atoms with Crippen LogP contribution in [-0.4, -0.2) is 32.2 Å². The van der Waals surface area contributed by atoms with Gasteiger partial charge in [-0.15, -0.1) is 0 Å². The summed E-state index contributed by atoms with van der Waals surface area (Å²) in [6.07, 6.45) is 8.17. The summed E-state index contributed by atoms with van der Waals surface area (Å²) in [6, 6.07) is 10.0. The van der Waals surface area contributed by atoms with Gasteiger partial charge in [0.2, 0.25) is 0 Å². The third-order valence-electron chi connectivity index (χ3n) is 5.76. The summed E-state index contributed by atoms with van der Waals surface area (Å²) in [5, 5.41) is 1.92. The van der Waals surface area contributed by atoms with Crippen molar-refractivity contribution in [1.82, 2.24) is 19.5 Å². The fourth-order valence-electron chi connectivity index (χ4n) is 4.04. The molecular formula is C24H25N5O2. The first-order valence-electron chi connectivity index (χ1n) is 10.5. The van der Waals surface area contributed by atoms with Gasteiger partial charge in [-0.05, 0) is 61.6 Å². The van der Waals surface area contributed by atoms with E-state index in [4.69, 9.17) is 15.2 Å². The molecule has 0 spiro atoms. The van der Waals surface area contributed by atoms with E-state index < -0.39 is 0 Å². The molecule has 1 aromatic carbocycles. The number of nitrogens with zero attached hydrogens (tertiary/aromatic N) is 4. The predicted octanol–water partition coefficient (Wildman–Crippen LogP) is 4.74. The molecule has 1 fully saturated rings. The minimum atomic E-state index is -0.0898. The molecule has 0 aliphatic carbocycles. The number of nitrogen functional groups attached to an aromatic ring is 1. The number of hydrogen-bond donors (Lipinski definition) is 1. The Labute approximate surface area is 180 Å². The van der Waals surface area contributed by atoms with Gasteiger partial charge in [0.15, 0.2) is 0 Å². The molecule has 2 unspecified atom stereocenters. The lowest BCUT2D eigenvalue weighted by Crippen LogP contribution is -2.30. The Bertz CT molecular complexity index is 1270. The van der Waals surface area contributed by atoms with E-state index in [9.17, 15) is 0 Å². The van der Waals surface area contributed by atoms with Crippen LogP contribution < -0.4 is 10.5 Å². The van der Waals surface area contributed by atoms with Crippen LogP contribution in [0.2, 0.25) is 0 Å². The first kappa shape index (κ1) is 19.5. The lowest BCUT2D eigenvalue weighted by Gasteiger charge is -2.31. The lowest BCUT2D eigenvalue weighted by molar-refractivity contribution is -0.101. The van der Waals surface area contributed by atoms with Gasteiger partial charge in [0.05, 0.1) is 17.0 Å². The van der Waals surface area contributed by atoms with Crippen LogP contribution in [0.1, 0.15) is 38.0 Å². The average Bonchev–Trinajstić information content (AvgIpc) is 3.23. The van der Waals surface area contributed by atoms with E-state index in [-0.39, 0.29) is 12.3 Å². The molecule has 0 bridgehead atoms. The molecule has 158 valence electrons. The SMILES string of the molecule is C=C(C)c1cnc2cc(OCC3CCCC(n4ccc5c(N)ncnc54)O3)ccc2c1. The molecule has 2 atom stereocenters. The zero-order valence-electron chi connectivity index (χ0n) is 17.5. The highest BCUT2D eigenvalue weighted by molar-refractivity contribution is 5.86. The monoisotopic (exact) mass is 415 g/mol. The summed E-state index contributed by atoms with van der Waals surface area (Å²) in [6.45, 7) is 6.45. The van der Waals surface area contributed by atoms with E-state index in [0.29, 0.717) is 12.4 Å². The molecule has 1 aliphatic rings. The van der Waals surface area contributed by atoms with Crippen molar-refractivity contribution in [3.63, 3.8) is 0 Å². The minimum absolute atomic E-state index is 0.00447. The van der Waals surface area contributed by atoms with Gasteiger partial charge in [0.1, 0.15) is 36.4 Å². The van der Waals surface area contributed by atoms with Crippen molar-refractivity contribution in [2.45, 2.75) is 38.5 Å². The Morgan fingerprint density at radius 3 is 3.00 bits per heavy atom. The van der Waals surface area contributed by atoms with Crippen LogP contribution in [0.25, 0.3) is 27.5 Å². The van der Waals surface area contributed by atoms with E-state index in [1.165, 1.54) is 6.33 Å². The Kier molecular flexibility index (Phi) is 5.03. The molecule has 3 aromatic heterocycles. The van der Waals surface area contributed by atoms with Gasteiger partial charge in [-0.2, -0.15) is 0 Å². The number of ether oxygens (including phenoxy) is 2. The van der Waals surface area contributed by atoms with Crippen LogP contribution >= 0.6 is 0 Å². The lowest BCUT2D eigenvalue weighted by atomic mass is 10.1. The van der Waals surface area contributed by atoms with Gasteiger partial charge in [0.25, 0.3) is 0 Å². The number of fused-ring (bicyclic) bond motifs is 2. The molecule has 1 aliphatic heterocycles. The topological polar surface area (TPSA) is 88.1 Å². The number of aromatic nitrogens is 4.